The van der Waals surface area contributed by atoms with Crippen molar-refractivity contribution in [2.24, 2.45) is 11.5 Å². The van der Waals surface area contributed by atoms with E-state index < -0.39 is 23.7 Å². The molecule has 2 atom stereocenters. The predicted octanol–water partition coefficient (Wildman–Crippen LogP) is 2.95. The van der Waals surface area contributed by atoms with Gasteiger partial charge in [-0.15, -0.1) is 0 Å². The highest BCUT2D eigenvalue weighted by molar-refractivity contribution is 6.07. The molecule has 8 heteroatoms. The van der Waals surface area contributed by atoms with Gasteiger partial charge in [0.1, 0.15) is 5.54 Å². The van der Waals surface area contributed by atoms with Crippen LogP contribution in [0.15, 0.2) is 48.6 Å². The van der Waals surface area contributed by atoms with E-state index in [1.54, 1.807) is 18.2 Å². The van der Waals surface area contributed by atoms with Gasteiger partial charge in [-0.1, -0.05) is 69.3 Å². The smallest absolute Gasteiger partial charge is 0.475 e. The summed E-state index contributed by atoms with van der Waals surface area (Å²) in [5.41, 5.74) is 12.7. The van der Waals surface area contributed by atoms with Crippen LogP contribution in [0.3, 0.4) is 0 Å². The molecule has 1 aliphatic rings. The Morgan fingerprint density at radius 1 is 1.11 bits per heavy atom. The number of carbonyl (C=O) groups excluding carboxylic acids is 1. The topological polar surface area (TPSA) is 106 Å². The Morgan fingerprint density at radius 2 is 1.63 bits per heavy atom. The third-order valence-corrected chi connectivity index (χ3v) is 3.97. The molecule has 148 valence electrons. The minimum absolute atomic E-state index is 0.124. The molecule has 1 aromatic carbocycles. The van der Waals surface area contributed by atoms with E-state index in [1.807, 2.05) is 30.3 Å². The first kappa shape index (κ1) is 22.6. The van der Waals surface area contributed by atoms with Crippen molar-refractivity contribution in [3.8, 4) is 0 Å². The Kier molecular flexibility index (Phi) is 6.74. The highest BCUT2D eigenvalue weighted by Crippen LogP contribution is 2.29. The number of rotatable bonds is 2. The van der Waals surface area contributed by atoms with Crippen LogP contribution in [0.4, 0.5) is 13.2 Å². The summed E-state index contributed by atoms with van der Waals surface area (Å²) in [6.07, 6.45) is 1.97. The number of carbonyl (C=O) groups is 2. The number of aliphatic carboxylic acids is 1. The van der Waals surface area contributed by atoms with Crippen LogP contribution in [0.5, 0.6) is 0 Å². The molecular weight excluding hydrogens is 361 g/mol. The molecule has 0 saturated carbocycles. The molecule has 0 aromatic heterocycles. The Bertz CT molecular complexity index is 764. The summed E-state index contributed by atoms with van der Waals surface area (Å²) in [6.45, 7) is 6.25. The zero-order valence-corrected chi connectivity index (χ0v) is 15.2. The average molecular weight is 384 g/mol. The molecule has 0 heterocycles. The second-order valence-corrected chi connectivity index (χ2v) is 7.13. The molecule has 1 aliphatic carbocycles. The van der Waals surface area contributed by atoms with E-state index in [-0.39, 0.29) is 11.2 Å². The zero-order chi connectivity index (χ0) is 21.0. The maximum atomic E-state index is 12.9. The molecule has 27 heavy (non-hydrogen) atoms. The van der Waals surface area contributed by atoms with Crippen LogP contribution >= 0.6 is 0 Å². The molecule has 1 aromatic rings. The molecule has 2 unspecified atom stereocenters. The van der Waals surface area contributed by atoms with E-state index in [4.69, 9.17) is 21.4 Å². The molecule has 0 fully saturated rings. The monoisotopic (exact) mass is 384 g/mol. The van der Waals surface area contributed by atoms with Gasteiger partial charge in [0.05, 0.1) is 6.04 Å². The summed E-state index contributed by atoms with van der Waals surface area (Å²) < 4.78 is 31.7. The van der Waals surface area contributed by atoms with Crippen molar-refractivity contribution >= 4 is 11.8 Å². The van der Waals surface area contributed by atoms with Crippen molar-refractivity contribution in [1.29, 1.82) is 0 Å². The number of nitrogens with two attached hydrogens (primary N) is 2. The molecule has 5 N–H and O–H groups in total. The normalized spacial score (nSPS) is 22.0. The Morgan fingerprint density at radius 3 is 2.07 bits per heavy atom. The number of alkyl halides is 3. The molecule has 0 amide bonds. The van der Waals surface area contributed by atoms with E-state index >= 15 is 0 Å². The summed E-state index contributed by atoms with van der Waals surface area (Å²) >= 11 is 0. The molecule has 5 nitrogen and oxygen atoms in total. The number of hydrogen-bond acceptors (Lipinski definition) is 4. The van der Waals surface area contributed by atoms with Gasteiger partial charge in [0.2, 0.25) is 0 Å². The fourth-order valence-corrected chi connectivity index (χ4v) is 2.46. The van der Waals surface area contributed by atoms with E-state index in [0.29, 0.717) is 5.56 Å². The Balaban J connectivity index is 0.000000445. The van der Waals surface area contributed by atoms with Crippen molar-refractivity contribution in [2.45, 2.75) is 43.9 Å². The fourth-order valence-electron chi connectivity index (χ4n) is 2.46. The summed E-state index contributed by atoms with van der Waals surface area (Å²) in [6, 6.07) is 7.10. The van der Waals surface area contributed by atoms with Crippen LogP contribution in [0.2, 0.25) is 0 Å². The van der Waals surface area contributed by atoms with Gasteiger partial charge in [-0.25, -0.2) is 4.79 Å². The maximum absolute atomic E-state index is 12.9. The molecule has 0 radical (unpaired) electrons. The quantitative estimate of drug-likeness (QED) is 0.680. The third-order valence-electron chi connectivity index (χ3n) is 3.97. The van der Waals surface area contributed by atoms with Crippen LogP contribution in [0.25, 0.3) is 0 Å². The number of benzene rings is 1. The minimum Gasteiger partial charge on any atom is -0.475 e. The highest BCUT2D eigenvalue weighted by atomic mass is 19.4. The number of allylic oxidation sites excluding steroid dienone is 2. The van der Waals surface area contributed by atoms with Gasteiger partial charge < -0.3 is 16.6 Å². The summed E-state index contributed by atoms with van der Waals surface area (Å²) in [7, 11) is 0. The average Bonchev–Trinajstić information content (AvgIpc) is 2.56. The number of carboxylic acids is 1. The van der Waals surface area contributed by atoms with Gasteiger partial charge in [0, 0.05) is 5.56 Å². The van der Waals surface area contributed by atoms with E-state index in [9.17, 15) is 18.0 Å². The Hall–Kier alpha value is -2.45. The number of halogens is 3. The largest absolute Gasteiger partial charge is 0.490 e. The zero-order valence-electron chi connectivity index (χ0n) is 15.2. The minimum atomic E-state index is -5.08. The lowest BCUT2D eigenvalue weighted by molar-refractivity contribution is -0.192. The first-order chi connectivity index (χ1) is 12.2. The molecule has 2 rings (SSSR count). The van der Waals surface area contributed by atoms with E-state index in [0.717, 1.165) is 5.56 Å². The fraction of sp³-hybridized carbons (Fsp3) is 0.368. The van der Waals surface area contributed by atoms with Crippen molar-refractivity contribution < 1.29 is 27.9 Å². The van der Waals surface area contributed by atoms with Crippen LogP contribution in [0, 0.1) is 0 Å². The summed E-state index contributed by atoms with van der Waals surface area (Å²) in [5, 5.41) is 7.12. The molecule has 0 saturated heterocycles. The van der Waals surface area contributed by atoms with Gasteiger partial charge in [-0.05, 0) is 11.0 Å². The number of ketones is 1. The van der Waals surface area contributed by atoms with Crippen molar-refractivity contribution in [3.05, 3.63) is 59.7 Å². The highest BCUT2D eigenvalue weighted by Gasteiger charge is 2.40. The number of carboxylic acid groups (broad SMARTS) is 1. The molecule has 0 aliphatic heterocycles. The second kappa shape index (κ2) is 8.06. The first-order valence-corrected chi connectivity index (χ1v) is 8.06. The van der Waals surface area contributed by atoms with E-state index in [1.165, 1.54) is 0 Å². The van der Waals surface area contributed by atoms with Crippen LogP contribution in [-0.4, -0.2) is 34.6 Å². The van der Waals surface area contributed by atoms with E-state index in [2.05, 4.69) is 20.8 Å². The molecular formula is C19H23F3N2O3. The second-order valence-electron chi connectivity index (χ2n) is 7.13. The van der Waals surface area contributed by atoms with Crippen LogP contribution in [-0.2, 0) is 10.2 Å². The lowest BCUT2D eigenvalue weighted by Gasteiger charge is -2.33. The summed E-state index contributed by atoms with van der Waals surface area (Å²) in [4.78, 5) is 21.8. The van der Waals surface area contributed by atoms with Gasteiger partial charge in [-0.3, -0.25) is 4.79 Å². The maximum Gasteiger partial charge on any atom is 0.490 e. The van der Waals surface area contributed by atoms with Crippen LogP contribution in [0.1, 0.15) is 36.7 Å². The van der Waals surface area contributed by atoms with Gasteiger partial charge in [0.25, 0.3) is 0 Å². The lowest BCUT2D eigenvalue weighted by atomic mass is 9.76. The Labute approximate surface area is 155 Å². The van der Waals surface area contributed by atoms with Gasteiger partial charge in [0.15, 0.2) is 5.78 Å². The number of hydrogen-bond donors (Lipinski definition) is 3. The lowest BCUT2D eigenvalue weighted by Crippen LogP contribution is -2.59. The van der Waals surface area contributed by atoms with Gasteiger partial charge in [-0.2, -0.15) is 13.2 Å². The third kappa shape index (κ3) is 5.51. The summed E-state index contributed by atoms with van der Waals surface area (Å²) in [5.74, 6) is -2.89. The molecule has 0 spiro atoms. The van der Waals surface area contributed by atoms with Gasteiger partial charge >= 0.3 is 12.1 Å². The van der Waals surface area contributed by atoms with Crippen molar-refractivity contribution in [1.82, 2.24) is 0 Å². The first-order valence-electron chi connectivity index (χ1n) is 8.06. The SMILES string of the molecule is CC(C)(C)c1ccccc1C(=O)C1(N)C=CC=CC1N.O=C(O)C(F)(F)F. The number of Topliss-reactive ketones (excluding diaryl/α,β-unsaturated/α-hetero) is 1. The predicted molar refractivity (Wildman–Crippen MR) is 96.3 cm³/mol. The standard InChI is InChI=1S/C17H22N2O.C2HF3O2/c1-16(2,3)13-9-5-4-8-12(13)15(20)17(19)11-7-6-10-14(17)18;3-2(4,5)1(6)7/h4-11,14H,18-19H2,1-3H3;(H,6,7). The van der Waals surface area contributed by atoms with Crippen LogP contribution < -0.4 is 11.5 Å². The van der Waals surface area contributed by atoms with Crippen molar-refractivity contribution in [2.75, 3.05) is 0 Å². The van der Waals surface area contributed by atoms with Crippen molar-refractivity contribution in [3.63, 3.8) is 0 Å². The molecule has 0 bridgehead atoms.